The van der Waals surface area contributed by atoms with Gasteiger partial charge in [-0.25, -0.2) is 4.39 Å². The first-order valence-corrected chi connectivity index (χ1v) is 6.04. The number of para-hydroxylation sites is 1. The Hall–Kier alpha value is -1.35. The fourth-order valence-corrected chi connectivity index (χ4v) is 2.02. The van der Waals surface area contributed by atoms with E-state index in [-0.39, 0.29) is 11.7 Å². The van der Waals surface area contributed by atoms with Crippen LogP contribution in [0.2, 0.25) is 0 Å². The van der Waals surface area contributed by atoms with Gasteiger partial charge in [0.05, 0.1) is 0 Å². The van der Waals surface area contributed by atoms with Crippen molar-refractivity contribution in [3.63, 3.8) is 0 Å². The molecule has 1 heterocycles. The van der Waals surface area contributed by atoms with E-state index < -0.39 is 0 Å². The molecule has 0 aliphatic carbocycles. The smallest absolute Gasteiger partial charge is 0.169 e. The SMILES string of the molecule is CCNC(C)C(C)c1cc2cccc(F)c2o1. The van der Waals surface area contributed by atoms with Gasteiger partial charge >= 0.3 is 0 Å². The Kier molecular flexibility index (Phi) is 3.48. The lowest BCUT2D eigenvalue weighted by atomic mass is 10.0. The first-order valence-electron chi connectivity index (χ1n) is 6.04. The van der Waals surface area contributed by atoms with Gasteiger partial charge in [-0.2, -0.15) is 0 Å². The van der Waals surface area contributed by atoms with Gasteiger partial charge in [0.1, 0.15) is 5.76 Å². The zero-order chi connectivity index (χ0) is 12.4. The van der Waals surface area contributed by atoms with Crippen molar-refractivity contribution >= 4 is 11.0 Å². The Labute approximate surface area is 101 Å². The van der Waals surface area contributed by atoms with Crippen molar-refractivity contribution < 1.29 is 8.81 Å². The normalized spacial score (nSPS) is 15.1. The second-order valence-corrected chi connectivity index (χ2v) is 4.44. The topological polar surface area (TPSA) is 25.2 Å². The largest absolute Gasteiger partial charge is 0.458 e. The van der Waals surface area contributed by atoms with Gasteiger partial charge in [0, 0.05) is 17.3 Å². The summed E-state index contributed by atoms with van der Waals surface area (Å²) in [4.78, 5) is 0. The van der Waals surface area contributed by atoms with E-state index in [0.717, 1.165) is 17.7 Å². The highest BCUT2D eigenvalue weighted by atomic mass is 19.1. The number of hydrogen-bond acceptors (Lipinski definition) is 2. The summed E-state index contributed by atoms with van der Waals surface area (Å²) in [6, 6.07) is 7.24. The maximum Gasteiger partial charge on any atom is 0.169 e. The van der Waals surface area contributed by atoms with Gasteiger partial charge < -0.3 is 9.73 Å². The quantitative estimate of drug-likeness (QED) is 0.874. The number of likely N-dealkylation sites (N-methyl/N-ethyl adjacent to an activating group) is 1. The average molecular weight is 235 g/mol. The third-order valence-corrected chi connectivity index (χ3v) is 3.24. The molecule has 0 spiro atoms. The van der Waals surface area contributed by atoms with Crippen LogP contribution in [-0.4, -0.2) is 12.6 Å². The van der Waals surface area contributed by atoms with Crippen molar-refractivity contribution in [1.82, 2.24) is 5.32 Å². The second-order valence-electron chi connectivity index (χ2n) is 4.44. The van der Waals surface area contributed by atoms with Gasteiger partial charge in [0.25, 0.3) is 0 Å². The van der Waals surface area contributed by atoms with E-state index in [0.29, 0.717) is 11.6 Å². The molecule has 1 aromatic heterocycles. The monoisotopic (exact) mass is 235 g/mol. The molecule has 0 saturated heterocycles. The first-order chi connectivity index (χ1) is 8.13. The maximum absolute atomic E-state index is 13.5. The molecule has 0 aliphatic heterocycles. The van der Waals surface area contributed by atoms with Gasteiger partial charge in [0.15, 0.2) is 11.4 Å². The lowest BCUT2D eigenvalue weighted by Gasteiger charge is -2.18. The van der Waals surface area contributed by atoms with Crippen LogP contribution in [0, 0.1) is 5.82 Å². The van der Waals surface area contributed by atoms with E-state index in [1.165, 1.54) is 6.07 Å². The minimum atomic E-state index is -0.294. The summed E-state index contributed by atoms with van der Waals surface area (Å²) in [6.07, 6.45) is 0. The fourth-order valence-electron chi connectivity index (χ4n) is 2.02. The Balaban J connectivity index is 2.33. The molecule has 1 aromatic carbocycles. The molecule has 3 heteroatoms. The summed E-state index contributed by atoms with van der Waals surface area (Å²) in [7, 11) is 0. The molecule has 0 saturated carbocycles. The standard InChI is InChI=1S/C14H18FNO/c1-4-16-10(3)9(2)13-8-11-6-5-7-12(15)14(11)17-13/h5-10,16H,4H2,1-3H3. The molecule has 2 atom stereocenters. The molecule has 0 radical (unpaired) electrons. The van der Waals surface area contributed by atoms with Crippen LogP contribution >= 0.6 is 0 Å². The molecule has 2 aromatic rings. The van der Waals surface area contributed by atoms with E-state index >= 15 is 0 Å². The third kappa shape index (κ3) is 2.34. The maximum atomic E-state index is 13.5. The summed E-state index contributed by atoms with van der Waals surface area (Å²) in [5.74, 6) is 0.761. The number of nitrogens with one attached hydrogen (secondary N) is 1. The predicted octanol–water partition coefficient (Wildman–Crippen LogP) is 3.67. The second kappa shape index (κ2) is 4.88. The highest BCUT2D eigenvalue weighted by molar-refractivity contribution is 5.78. The van der Waals surface area contributed by atoms with Crippen LogP contribution < -0.4 is 5.32 Å². The van der Waals surface area contributed by atoms with Crippen LogP contribution in [0.15, 0.2) is 28.7 Å². The zero-order valence-electron chi connectivity index (χ0n) is 10.5. The molecule has 17 heavy (non-hydrogen) atoms. The molecule has 92 valence electrons. The minimum absolute atomic E-state index is 0.224. The number of fused-ring (bicyclic) bond motifs is 1. The summed E-state index contributed by atoms with van der Waals surface area (Å²) in [5, 5.41) is 4.18. The van der Waals surface area contributed by atoms with Gasteiger partial charge in [-0.3, -0.25) is 0 Å². The van der Waals surface area contributed by atoms with Gasteiger partial charge in [-0.05, 0) is 25.6 Å². The predicted molar refractivity (Wildman–Crippen MR) is 67.7 cm³/mol. The number of rotatable bonds is 4. The van der Waals surface area contributed by atoms with Crippen LogP contribution in [0.25, 0.3) is 11.0 Å². The van der Waals surface area contributed by atoms with E-state index in [4.69, 9.17) is 4.42 Å². The molecule has 0 aliphatic rings. The Morgan fingerprint density at radius 2 is 2.12 bits per heavy atom. The molecular weight excluding hydrogens is 217 g/mol. The van der Waals surface area contributed by atoms with Crippen LogP contribution in [0.1, 0.15) is 32.4 Å². The Morgan fingerprint density at radius 1 is 1.35 bits per heavy atom. The molecule has 0 fully saturated rings. The molecule has 0 bridgehead atoms. The third-order valence-electron chi connectivity index (χ3n) is 3.24. The highest BCUT2D eigenvalue weighted by Crippen LogP contribution is 2.28. The Bertz CT molecular complexity index is 506. The van der Waals surface area contributed by atoms with Crippen LogP contribution in [0.5, 0.6) is 0 Å². The van der Waals surface area contributed by atoms with E-state index in [1.807, 2.05) is 12.1 Å². The lowest BCUT2D eigenvalue weighted by molar-refractivity contribution is 0.417. The number of furan rings is 1. The van der Waals surface area contributed by atoms with Crippen LogP contribution in [0.3, 0.4) is 0 Å². The summed E-state index contributed by atoms with van der Waals surface area (Å²) < 4.78 is 19.1. The van der Waals surface area contributed by atoms with Gasteiger partial charge in [0.2, 0.25) is 0 Å². The first kappa shape index (κ1) is 12.1. The van der Waals surface area contributed by atoms with E-state index in [9.17, 15) is 4.39 Å². The average Bonchev–Trinajstić information content (AvgIpc) is 2.73. The molecule has 2 unspecified atom stereocenters. The summed E-state index contributed by atoms with van der Waals surface area (Å²) in [6.45, 7) is 7.18. The van der Waals surface area contributed by atoms with Crippen LogP contribution in [-0.2, 0) is 0 Å². The minimum Gasteiger partial charge on any atom is -0.458 e. The number of benzene rings is 1. The molecule has 0 amide bonds. The van der Waals surface area contributed by atoms with Crippen molar-refractivity contribution in [1.29, 1.82) is 0 Å². The van der Waals surface area contributed by atoms with E-state index in [2.05, 4.69) is 26.1 Å². The van der Waals surface area contributed by atoms with Crippen LogP contribution in [0.4, 0.5) is 4.39 Å². The van der Waals surface area contributed by atoms with E-state index in [1.54, 1.807) is 6.07 Å². The molecule has 2 rings (SSSR count). The molecular formula is C14H18FNO. The lowest BCUT2D eigenvalue weighted by Crippen LogP contribution is -2.30. The fraction of sp³-hybridized carbons (Fsp3) is 0.429. The van der Waals surface area contributed by atoms with Gasteiger partial charge in [-0.1, -0.05) is 26.0 Å². The number of halogens is 1. The van der Waals surface area contributed by atoms with Crippen molar-refractivity contribution in [3.8, 4) is 0 Å². The molecule has 2 nitrogen and oxygen atoms in total. The number of hydrogen-bond donors (Lipinski definition) is 1. The highest BCUT2D eigenvalue weighted by Gasteiger charge is 2.18. The van der Waals surface area contributed by atoms with Crippen molar-refractivity contribution in [3.05, 3.63) is 35.8 Å². The van der Waals surface area contributed by atoms with Gasteiger partial charge in [-0.15, -0.1) is 0 Å². The summed E-state index contributed by atoms with van der Waals surface area (Å²) in [5.41, 5.74) is 0.359. The van der Waals surface area contributed by atoms with Crippen molar-refractivity contribution in [2.45, 2.75) is 32.7 Å². The molecule has 1 N–H and O–H groups in total. The zero-order valence-corrected chi connectivity index (χ0v) is 10.5. The van der Waals surface area contributed by atoms with Crippen molar-refractivity contribution in [2.75, 3.05) is 6.54 Å². The van der Waals surface area contributed by atoms with Crippen molar-refractivity contribution in [2.24, 2.45) is 0 Å². The Morgan fingerprint density at radius 3 is 2.76 bits per heavy atom. The summed E-state index contributed by atoms with van der Waals surface area (Å²) >= 11 is 0.